The first-order valence-corrected chi connectivity index (χ1v) is 9.33. The smallest absolute Gasteiger partial charge is 0.206 e. The second-order valence-electron chi connectivity index (χ2n) is 5.55. The number of H-pyrrole nitrogens is 1. The minimum Gasteiger partial charge on any atom is -0.283 e. The SMILES string of the molecule is CS(=O)(=O)c1cccc(-c2cnc3cccc(C#N)n23)c1-c1nn[nH]n1. The van der Waals surface area contributed by atoms with Crippen LogP contribution in [0.25, 0.3) is 28.3 Å². The highest BCUT2D eigenvalue weighted by molar-refractivity contribution is 7.90. The lowest BCUT2D eigenvalue weighted by Gasteiger charge is -2.11. The van der Waals surface area contributed by atoms with Crippen molar-refractivity contribution in [2.45, 2.75) is 4.90 Å². The molecule has 0 amide bonds. The van der Waals surface area contributed by atoms with E-state index in [1.54, 1.807) is 40.9 Å². The molecule has 128 valence electrons. The standard InChI is InChI=1S/C16H11N7O2S/c1-26(24,25)13-6-3-5-11(15(13)16-19-21-22-20-16)12-9-18-14-7-2-4-10(8-17)23(12)14/h2-7,9H,1H3,(H,19,20,21,22). The van der Waals surface area contributed by atoms with Crippen molar-refractivity contribution in [1.29, 1.82) is 5.26 Å². The van der Waals surface area contributed by atoms with Gasteiger partial charge in [-0.25, -0.2) is 13.4 Å². The molecular formula is C16H11N7O2S. The number of aromatic amines is 1. The van der Waals surface area contributed by atoms with Gasteiger partial charge >= 0.3 is 0 Å². The van der Waals surface area contributed by atoms with Crippen LogP contribution < -0.4 is 0 Å². The summed E-state index contributed by atoms with van der Waals surface area (Å²) >= 11 is 0. The van der Waals surface area contributed by atoms with Gasteiger partial charge in [0.25, 0.3) is 0 Å². The number of rotatable bonds is 3. The number of pyridine rings is 1. The number of aromatic nitrogens is 6. The molecule has 3 aromatic heterocycles. The summed E-state index contributed by atoms with van der Waals surface area (Å²) in [6.07, 6.45) is 2.70. The number of benzene rings is 1. The summed E-state index contributed by atoms with van der Waals surface area (Å²) in [5.41, 5.74) is 2.34. The van der Waals surface area contributed by atoms with Crippen molar-refractivity contribution in [1.82, 2.24) is 30.0 Å². The van der Waals surface area contributed by atoms with E-state index in [2.05, 4.69) is 31.7 Å². The molecule has 0 aliphatic heterocycles. The molecule has 0 aliphatic carbocycles. The average molecular weight is 365 g/mol. The monoisotopic (exact) mass is 365 g/mol. The fraction of sp³-hybridized carbons (Fsp3) is 0.0625. The Morgan fingerprint density at radius 2 is 2.00 bits per heavy atom. The van der Waals surface area contributed by atoms with Crippen LogP contribution in [0.3, 0.4) is 0 Å². The molecule has 4 rings (SSSR count). The van der Waals surface area contributed by atoms with E-state index in [4.69, 9.17) is 0 Å². The van der Waals surface area contributed by atoms with Gasteiger partial charge in [-0.2, -0.15) is 10.5 Å². The zero-order chi connectivity index (χ0) is 18.3. The van der Waals surface area contributed by atoms with E-state index in [9.17, 15) is 13.7 Å². The minimum atomic E-state index is -3.56. The number of imidazole rings is 1. The maximum atomic E-state index is 12.3. The number of tetrazole rings is 1. The van der Waals surface area contributed by atoms with Gasteiger partial charge in [0.1, 0.15) is 17.4 Å². The molecule has 0 saturated heterocycles. The summed E-state index contributed by atoms with van der Waals surface area (Å²) in [4.78, 5) is 4.39. The van der Waals surface area contributed by atoms with E-state index in [-0.39, 0.29) is 10.7 Å². The van der Waals surface area contributed by atoms with E-state index in [0.717, 1.165) is 6.26 Å². The zero-order valence-corrected chi connectivity index (χ0v) is 14.3. The van der Waals surface area contributed by atoms with Gasteiger partial charge in [-0.3, -0.25) is 4.40 Å². The number of nitriles is 1. The minimum absolute atomic E-state index is 0.0702. The molecule has 0 bridgehead atoms. The third-order valence-corrected chi connectivity index (χ3v) is 5.05. The Morgan fingerprint density at radius 3 is 2.69 bits per heavy atom. The number of nitrogens with one attached hydrogen (secondary N) is 1. The van der Waals surface area contributed by atoms with Gasteiger partial charge in [0, 0.05) is 11.8 Å². The Balaban J connectivity index is 2.14. The summed E-state index contributed by atoms with van der Waals surface area (Å²) in [6.45, 7) is 0. The van der Waals surface area contributed by atoms with Gasteiger partial charge in [-0.15, -0.1) is 10.2 Å². The largest absolute Gasteiger partial charge is 0.283 e. The van der Waals surface area contributed by atoms with Crippen molar-refractivity contribution in [2.24, 2.45) is 0 Å². The van der Waals surface area contributed by atoms with Gasteiger partial charge in [0.05, 0.1) is 22.3 Å². The molecular weight excluding hydrogens is 354 g/mol. The molecule has 26 heavy (non-hydrogen) atoms. The highest BCUT2D eigenvalue weighted by atomic mass is 32.2. The lowest BCUT2D eigenvalue weighted by atomic mass is 10.0. The van der Waals surface area contributed by atoms with E-state index in [1.807, 2.05) is 0 Å². The molecule has 0 spiro atoms. The van der Waals surface area contributed by atoms with Crippen LogP contribution in [0.1, 0.15) is 5.69 Å². The van der Waals surface area contributed by atoms with Crippen molar-refractivity contribution in [2.75, 3.05) is 6.26 Å². The summed E-state index contributed by atoms with van der Waals surface area (Å²) < 4.78 is 26.3. The third kappa shape index (κ3) is 2.42. The Morgan fingerprint density at radius 1 is 1.19 bits per heavy atom. The zero-order valence-electron chi connectivity index (χ0n) is 13.4. The maximum absolute atomic E-state index is 12.3. The molecule has 4 aromatic rings. The molecule has 0 saturated carbocycles. The molecule has 9 nitrogen and oxygen atoms in total. The molecule has 3 heterocycles. The van der Waals surface area contributed by atoms with Crippen LogP contribution in [0.5, 0.6) is 0 Å². The van der Waals surface area contributed by atoms with Gasteiger partial charge in [-0.1, -0.05) is 18.2 Å². The first-order chi connectivity index (χ1) is 12.5. The van der Waals surface area contributed by atoms with Crippen molar-refractivity contribution in [3.8, 4) is 28.7 Å². The van der Waals surface area contributed by atoms with Crippen molar-refractivity contribution in [3.63, 3.8) is 0 Å². The van der Waals surface area contributed by atoms with Crippen LogP contribution in [0.2, 0.25) is 0 Å². The van der Waals surface area contributed by atoms with Crippen molar-refractivity contribution < 1.29 is 8.42 Å². The molecule has 0 aliphatic rings. The van der Waals surface area contributed by atoms with E-state index >= 15 is 0 Å². The molecule has 1 aromatic carbocycles. The molecule has 0 unspecified atom stereocenters. The predicted molar refractivity (Wildman–Crippen MR) is 91.6 cm³/mol. The highest BCUT2D eigenvalue weighted by Crippen LogP contribution is 2.35. The van der Waals surface area contributed by atoms with Crippen LogP contribution >= 0.6 is 0 Å². The second-order valence-corrected chi connectivity index (χ2v) is 7.53. The lowest BCUT2D eigenvalue weighted by molar-refractivity contribution is 0.602. The van der Waals surface area contributed by atoms with Crippen LogP contribution in [0.4, 0.5) is 0 Å². The van der Waals surface area contributed by atoms with Crippen molar-refractivity contribution in [3.05, 3.63) is 48.3 Å². The molecule has 0 radical (unpaired) electrons. The normalized spacial score (nSPS) is 11.5. The fourth-order valence-electron chi connectivity index (χ4n) is 2.87. The van der Waals surface area contributed by atoms with Crippen LogP contribution in [0.15, 0.2) is 47.5 Å². The topological polar surface area (TPSA) is 130 Å². The molecule has 10 heteroatoms. The third-order valence-electron chi connectivity index (χ3n) is 3.91. The number of nitrogens with zero attached hydrogens (tertiary/aromatic N) is 6. The maximum Gasteiger partial charge on any atom is 0.206 e. The first kappa shape index (κ1) is 15.9. The van der Waals surface area contributed by atoms with Crippen LogP contribution in [0, 0.1) is 11.3 Å². The van der Waals surface area contributed by atoms with Gasteiger partial charge in [0.15, 0.2) is 9.84 Å². The summed E-state index contributed by atoms with van der Waals surface area (Å²) in [6, 6.07) is 12.1. The average Bonchev–Trinajstić information content (AvgIpc) is 3.29. The predicted octanol–water partition coefficient (Wildman–Crippen LogP) is 1.46. The first-order valence-electron chi connectivity index (χ1n) is 7.44. The number of hydrogen-bond acceptors (Lipinski definition) is 7. The van der Waals surface area contributed by atoms with Crippen molar-refractivity contribution >= 4 is 15.5 Å². The Bertz CT molecular complexity index is 1270. The Kier molecular flexibility index (Phi) is 3.52. The summed E-state index contributed by atoms with van der Waals surface area (Å²) in [5, 5.41) is 23.2. The van der Waals surface area contributed by atoms with Gasteiger partial charge < -0.3 is 0 Å². The van der Waals surface area contributed by atoms with E-state index in [0.29, 0.717) is 28.2 Å². The highest BCUT2D eigenvalue weighted by Gasteiger charge is 2.23. The quantitative estimate of drug-likeness (QED) is 0.581. The second kappa shape index (κ2) is 5.75. The molecule has 0 fully saturated rings. The summed E-state index contributed by atoms with van der Waals surface area (Å²) in [7, 11) is -3.56. The molecule has 0 atom stereocenters. The van der Waals surface area contributed by atoms with E-state index in [1.165, 1.54) is 6.07 Å². The van der Waals surface area contributed by atoms with Gasteiger partial charge in [-0.05, 0) is 23.4 Å². The van der Waals surface area contributed by atoms with Gasteiger partial charge in [0.2, 0.25) is 5.82 Å². The number of hydrogen-bond donors (Lipinski definition) is 1. The Hall–Kier alpha value is -3.58. The molecule has 1 N–H and O–H groups in total. The number of sulfone groups is 1. The fourth-order valence-corrected chi connectivity index (χ4v) is 3.76. The van der Waals surface area contributed by atoms with E-state index < -0.39 is 9.84 Å². The number of fused-ring (bicyclic) bond motifs is 1. The summed E-state index contributed by atoms with van der Waals surface area (Å²) in [5.74, 6) is 0.144. The van der Waals surface area contributed by atoms with Crippen LogP contribution in [-0.4, -0.2) is 44.7 Å². The lowest BCUT2D eigenvalue weighted by Crippen LogP contribution is -2.03. The Labute approximate surface area is 147 Å². The van der Waals surface area contributed by atoms with Crippen LogP contribution in [-0.2, 0) is 9.84 Å².